The molecule has 0 bridgehead atoms. The molecule has 0 aliphatic rings. The number of rotatable bonds is 14. The highest BCUT2D eigenvalue weighted by Gasteiger charge is 2.23. The van der Waals surface area contributed by atoms with Crippen molar-refractivity contribution in [3.8, 4) is 11.5 Å². The van der Waals surface area contributed by atoms with E-state index in [1.807, 2.05) is 27.7 Å². The Morgan fingerprint density at radius 2 is 0.852 bits per heavy atom. The first kappa shape index (κ1) is 47.5. The van der Waals surface area contributed by atoms with Crippen LogP contribution in [0.3, 0.4) is 0 Å². The number of halogens is 2. The first-order valence-corrected chi connectivity index (χ1v) is 21.7. The Morgan fingerprint density at radius 1 is 0.541 bits per heavy atom. The van der Waals surface area contributed by atoms with Crippen molar-refractivity contribution in [3.63, 3.8) is 0 Å². The van der Waals surface area contributed by atoms with Crippen LogP contribution in [0.1, 0.15) is 67.0 Å². The summed E-state index contributed by atoms with van der Waals surface area (Å²) in [5.41, 5.74) is 0.723. The number of ketones is 2. The number of benzene rings is 4. The number of nitrogens with one attached hydrogen (secondary N) is 2. The van der Waals surface area contributed by atoms with Gasteiger partial charge in [-0.25, -0.2) is 16.8 Å². The van der Waals surface area contributed by atoms with E-state index in [2.05, 4.69) is 9.44 Å². The molecule has 0 saturated heterocycles. The fourth-order valence-corrected chi connectivity index (χ4v) is 7.88. The maximum Gasteiger partial charge on any atom is 0.261 e. The third-order valence-corrected chi connectivity index (χ3v) is 11.3. The van der Waals surface area contributed by atoms with Gasteiger partial charge in [-0.1, -0.05) is 30.6 Å². The van der Waals surface area contributed by atoms with Crippen LogP contribution in [0.25, 0.3) is 0 Å². The maximum atomic E-state index is 12.9. The molecule has 0 aliphatic carbocycles. The molecule has 18 heteroatoms. The summed E-state index contributed by atoms with van der Waals surface area (Å²) in [6.45, 7) is 7.48. The summed E-state index contributed by atoms with van der Waals surface area (Å²) >= 11 is 12.0. The molecule has 6 rings (SSSR count). The highest BCUT2D eigenvalue weighted by Crippen LogP contribution is 2.29. The minimum Gasteiger partial charge on any atom is -0.619 e. The molecule has 61 heavy (non-hydrogen) atoms. The lowest BCUT2D eigenvalue weighted by Gasteiger charge is -2.14. The molecule has 0 spiro atoms. The van der Waals surface area contributed by atoms with Crippen LogP contribution in [0.4, 0.5) is 11.4 Å². The fourth-order valence-electron chi connectivity index (χ4n) is 5.37. The molecule has 2 heterocycles. The molecule has 2 N–H and O–H groups in total. The Kier molecular flexibility index (Phi) is 15.9. The summed E-state index contributed by atoms with van der Waals surface area (Å²) in [7, 11) is -7.94. The Balaban J connectivity index is 0.000000264. The molecule has 4 aromatic carbocycles. The summed E-state index contributed by atoms with van der Waals surface area (Å²) in [4.78, 5) is 25.8. The molecule has 320 valence electrons. The van der Waals surface area contributed by atoms with Crippen LogP contribution in [-0.4, -0.2) is 40.6 Å². The number of sulfonamides is 2. The van der Waals surface area contributed by atoms with Crippen molar-refractivity contribution < 1.29 is 45.4 Å². The topological polar surface area (TPSA) is 199 Å². The second-order valence-corrected chi connectivity index (χ2v) is 17.7. The highest BCUT2D eigenvalue weighted by molar-refractivity contribution is 7.93. The van der Waals surface area contributed by atoms with Crippen LogP contribution >= 0.6 is 23.2 Å². The zero-order valence-corrected chi connectivity index (χ0v) is 35.6. The van der Waals surface area contributed by atoms with E-state index in [-0.39, 0.29) is 73.1 Å². The van der Waals surface area contributed by atoms with E-state index >= 15 is 0 Å². The second kappa shape index (κ2) is 20.4. The van der Waals surface area contributed by atoms with Crippen molar-refractivity contribution in [2.24, 2.45) is 0 Å². The summed E-state index contributed by atoms with van der Waals surface area (Å²) in [6, 6.07) is 25.9. The predicted molar refractivity (Wildman–Crippen MR) is 233 cm³/mol. The number of anilines is 2. The SMILES string of the molecule is C.CC(C)Oc1ccc(S(=O)(=O)Nc2ccc(Cl)cc2C(=O)c2cc[n+]([O-])cc2)cc1.CC(C)Oc1ccc(S(=O)(=O)Nc2ccc(Cl)cc2C(=O)c2cc[n+]([O-])cc2)cc1. The Labute approximate surface area is 364 Å². The average molecular weight is 910 g/mol. The molecular formula is C43H42Cl2N4O10S2. The van der Waals surface area contributed by atoms with E-state index in [1.54, 1.807) is 24.3 Å². The number of ether oxygens (including phenoxy) is 2. The molecule has 6 aromatic rings. The fraction of sp³-hybridized carbons (Fsp3) is 0.163. The highest BCUT2D eigenvalue weighted by atomic mass is 35.5. The number of carbonyl (C=O) groups excluding carboxylic acids is 2. The quantitative estimate of drug-likeness (QED) is 0.0610. The van der Waals surface area contributed by atoms with E-state index in [1.165, 1.54) is 110 Å². The number of carbonyl (C=O) groups is 2. The van der Waals surface area contributed by atoms with Gasteiger partial charge in [-0.2, -0.15) is 9.46 Å². The molecule has 14 nitrogen and oxygen atoms in total. The van der Waals surface area contributed by atoms with Crippen molar-refractivity contribution in [1.29, 1.82) is 0 Å². The maximum absolute atomic E-state index is 12.9. The normalized spacial score (nSPS) is 11.1. The van der Waals surface area contributed by atoms with Crippen molar-refractivity contribution in [2.75, 3.05) is 9.44 Å². The van der Waals surface area contributed by atoms with Crippen LogP contribution in [0, 0.1) is 10.4 Å². The minimum absolute atomic E-state index is 0. The number of aromatic nitrogens is 2. The van der Waals surface area contributed by atoms with Crippen LogP contribution in [0.15, 0.2) is 144 Å². The molecule has 0 atom stereocenters. The van der Waals surface area contributed by atoms with Gasteiger partial charge in [0.1, 0.15) is 11.5 Å². The van der Waals surface area contributed by atoms with Crippen molar-refractivity contribution in [3.05, 3.63) is 177 Å². The van der Waals surface area contributed by atoms with Crippen molar-refractivity contribution in [1.82, 2.24) is 0 Å². The van der Waals surface area contributed by atoms with Gasteiger partial charge in [-0.15, -0.1) is 0 Å². The summed E-state index contributed by atoms with van der Waals surface area (Å²) in [5.74, 6) is 0.143. The number of pyridine rings is 2. The van der Waals surface area contributed by atoms with Gasteiger partial charge < -0.3 is 19.9 Å². The molecular weight excluding hydrogens is 868 g/mol. The smallest absolute Gasteiger partial charge is 0.261 e. The molecule has 0 fully saturated rings. The molecule has 0 radical (unpaired) electrons. The van der Waals surface area contributed by atoms with Gasteiger partial charge in [-0.05, 0) is 113 Å². The molecule has 0 saturated carbocycles. The van der Waals surface area contributed by atoms with E-state index in [9.17, 15) is 36.8 Å². The van der Waals surface area contributed by atoms with Gasteiger partial charge in [0.15, 0.2) is 36.4 Å². The van der Waals surface area contributed by atoms with Gasteiger partial charge in [0.2, 0.25) is 0 Å². The van der Waals surface area contributed by atoms with Gasteiger partial charge in [-0.3, -0.25) is 19.0 Å². The van der Waals surface area contributed by atoms with Crippen LogP contribution in [-0.2, 0) is 20.0 Å². The van der Waals surface area contributed by atoms with Crippen molar-refractivity contribution in [2.45, 2.75) is 57.1 Å². The second-order valence-electron chi connectivity index (χ2n) is 13.4. The zero-order chi connectivity index (χ0) is 43.8. The molecule has 0 amide bonds. The zero-order valence-electron chi connectivity index (χ0n) is 32.4. The predicted octanol–water partition coefficient (Wildman–Crippen LogP) is 8.22. The number of hydrogen-bond donors (Lipinski definition) is 2. The van der Waals surface area contributed by atoms with Gasteiger partial charge in [0.05, 0.1) is 33.4 Å². The summed E-state index contributed by atoms with van der Waals surface area (Å²) in [6.07, 6.45) is 4.65. The third kappa shape index (κ3) is 12.9. The lowest BCUT2D eigenvalue weighted by atomic mass is 10.0. The van der Waals surface area contributed by atoms with Gasteiger partial charge >= 0.3 is 0 Å². The summed E-state index contributed by atoms with van der Waals surface area (Å²) < 4.78 is 68.4. The third-order valence-electron chi connectivity index (χ3n) is 8.08. The van der Waals surface area contributed by atoms with E-state index < -0.39 is 31.6 Å². The van der Waals surface area contributed by atoms with Crippen molar-refractivity contribution >= 4 is 66.2 Å². The first-order valence-electron chi connectivity index (χ1n) is 18.0. The molecule has 0 unspecified atom stereocenters. The van der Waals surface area contributed by atoms with Crippen LogP contribution < -0.4 is 28.4 Å². The number of hydrogen-bond acceptors (Lipinski definition) is 10. The van der Waals surface area contributed by atoms with Gasteiger partial charge in [0, 0.05) is 56.6 Å². The Morgan fingerprint density at radius 3 is 1.15 bits per heavy atom. The molecule has 2 aromatic heterocycles. The average Bonchev–Trinajstić information content (AvgIpc) is 3.19. The monoisotopic (exact) mass is 908 g/mol. The standard InChI is InChI=1S/2C21H19ClN2O5S.CH4/c2*1-14(2)29-17-4-6-18(7-5-17)30(27,28)23-20-8-3-16(22)13-19(20)21(25)15-9-11-24(26)12-10-15;/h2*3-14,23H,1-2H3;1H4. The Bertz CT molecular complexity index is 2510. The van der Waals surface area contributed by atoms with Crippen LogP contribution in [0.2, 0.25) is 10.0 Å². The van der Waals surface area contributed by atoms with Crippen LogP contribution in [0.5, 0.6) is 11.5 Å². The first-order chi connectivity index (χ1) is 28.3. The Hall–Kier alpha value is -6.20. The molecule has 0 aliphatic heterocycles. The van der Waals surface area contributed by atoms with E-state index in [0.717, 1.165) is 0 Å². The van der Waals surface area contributed by atoms with Gasteiger partial charge in [0.25, 0.3) is 20.0 Å². The lowest BCUT2D eigenvalue weighted by molar-refractivity contribution is -0.605. The minimum atomic E-state index is -3.97. The van der Waals surface area contributed by atoms with E-state index in [4.69, 9.17) is 32.7 Å². The number of nitrogens with zero attached hydrogens (tertiary/aromatic N) is 2. The summed E-state index contributed by atoms with van der Waals surface area (Å²) in [5, 5.41) is 23.0. The lowest BCUT2D eigenvalue weighted by Crippen LogP contribution is -2.24. The van der Waals surface area contributed by atoms with E-state index in [0.29, 0.717) is 21.0 Å². The largest absolute Gasteiger partial charge is 0.619 e.